The lowest BCUT2D eigenvalue weighted by molar-refractivity contribution is -0.139. The van der Waals surface area contributed by atoms with Gasteiger partial charge >= 0.3 is 0 Å². The van der Waals surface area contributed by atoms with E-state index in [0.717, 1.165) is 4.31 Å². The van der Waals surface area contributed by atoms with E-state index in [1.807, 2.05) is 20.8 Å². The first-order chi connectivity index (χ1) is 18.9. The van der Waals surface area contributed by atoms with Crippen LogP contribution < -0.4 is 14.4 Å². The second-order valence-electron chi connectivity index (χ2n) is 9.38. The summed E-state index contributed by atoms with van der Waals surface area (Å²) in [5.74, 6) is -0.376. The van der Waals surface area contributed by atoms with Crippen LogP contribution in [0.3, 0.4) is 0 Å². The molecule has 1 N–H and O–H groups in total. The van der Waals surface area contributed by atoms with Gasteiger partial charge in [0, 0.05) is 22.6 Å². The van der Waals surface area contributed by atoms with Crippen molar-refractivity contribution in [3.63, 3.8) is 0 Å². The number of hydrogen-bond donors (Lipinski definition) is 1. The molecular weight excluding hydrogens is 573 g/mol. The molecule has 214 valence electrons. The Kier molecular flexibility index (Phi) is 10.8. The van der Waals surface area contributed by atoms with Crippen LogP contribution in [-0.4, -0.2) is 50.4 Å². The Hall–Kier alpha value is -3.27. The highest BCUT2D eigenvalue weighted by Gasteiger charge is 2.32. The Morgan fingerprint density at radius 1 is 0.925 bits per heavy atom. The molecule has 8 nitrogen and oxygen atoms in total. The number of nitrogens with zero attached hydrogens (tertiary/aromatic N) is 2. The van der Waals surface area contributed by atoms with Gasteiger partial charge in [-0.05, 0) is 93.9 Å². The van der Waals surface area contributed by atoms with Crippen LogP contribution in [0.5, 0.6) is 5.75 Å². The zero-order chi connectivity index (χ0) is 29.4. The molecule has 11 heteroatoms. The van der Waals surface area contributed by atoms with Crippen molar-refractivity contribution in [2.75, 3.05) is 17.5 Å². The lowest BCUT2D eigenvalue weighted by Gasteiger charge is -2.32. The fourth-order valence-electron chi connectivity index (χ4n) is 3.96. The van der Waals surface area contributed by atoms with E-state index in [1.165, 1.54) is 29.2 Å². The van der Waals surface area contributed by atoms with Gasteiger partial charge in [-0.3, -0.25) is 13.9 Å². The first-order valence-corrected chi connectivity index (χ1v) is 15.0. The van der Waals surface area contributed by atoms with Crippen LogP contribution in [0.15, 0.2) is 77.7 Å². The van der Waals surface area contributed by atoms with Gasteiger partial charge in [-0.2, -0.15) is 0 Å². The summed E-state index contributed by atoms with van der Waals surface area (Å²) < 4.78 is 34.2. The highest BCUT2D eigenvalue weighted by atomic mass is 35.5. The topological polar surface area (TPSA) is 96.0 Å². The summed E-state index contributed by atoms with van der Waals surface area (Å²) in [6.45, 7) is 7.02. The summed E-state index contributed by atoms with van der Waals surface area (Å²) in [5.41, 5.74) is 0.951. The number of ether oxygens (including phenoxy) is 1. The summed E-state index contributed by atoms with van der Waals surface area (Å²) in [5, 5.41) is 3.68. The van der Waals surface area contributed by atoms with Crippen molar-refractivity contribution in [2.45, 2.75) is 51.2 Å². The quantitative estimate of drug-likeness (QED) is 0.293. The zero-order valence-corrected chi connectivity index (χ0v) is 25.1. The predicted molar refractivity (Wildman–Crippen MR) is 158 cm³/mol. The van der Waals surface area contributed by atoms with E-state index in [0.29, 0.717) is 28.0 Å². The molecule has 0 unspecified atom stereocenters. The molecule has 0 bridgehead atoms. The molecule has 3 aromatic rings. The Labute approximate surface area is 245 Å². The highest BCUT2D eigenvalue weighted by Crippen LogP contribution is 2.27. The molecule has 0 fully saturated rings. The maximum absolute atomic E-state index is 13.9. The maximum atomic E-state index is 13.9. The van der Waals surface area contributed by atoms with E-state index < -0.39 is 28.5 Å². The molecule has 3 aromatic carbocycles. The summed E-state index contributed by atoms with van der Waals surface area (Å²) in [7, 11) is -4.20. The smallest absolute Gasteiger partial charge is 0.264 e. The van der Waals surface area contributed by atoms with Gasteiger partial charge in [0.15, 0.2) is 0 Å². The summed E-state index contributed by atoms with van der Waals surface area (Å²) in [4.78, 5) is 28.2. The minimum Gasteiger partial charge on any atom is -0.494 e. The lowest BCUT2D eigenvalue weighted by atomic mass is 10.1. The summed E-state index contributed by atoms with van der Waals surface area (Å²) in [6.07, 6.45) is 0. The van der Waals surface area contributed by atoms with Gasteiger partial charge in [0.2, 0.25) is 11.8 Å². The number of anilines is 1. The number of sulfonamides is 1. The van der Waals surface area contributed by atoms with E-state index in [-0.39, 0.29) is 29.1 Å². The third-order valence-corrected chi connectivity index (χ3v) is 8.23. The number of carbonyl (C=O) groups is 2. The van der Waals surface area contributed by atoms with Crippen molar-refractivity contribution in [1.82, 2.24) is 10.2 Å². The van der Waals surface area contributed by atoms with Crippen LogP contribution in [-0.2, 0) is 26.2 Å². The molecular formula is C29H33Cl2N3O5S. The third kappa shape index (κ3) is 8.13. The average Bonchev–Trinajstić information content (AvgIpc) is 2.90. The van der Waals surface area contributed by atoms with Gasteiger partial charge in [0.05, 0.1) is 17.2 Å². The molecule has 0 saturated heterocycles. The van der Waals surface area contributed by atoms with Crippen LogP contribution in [0.25, 0.3) is 0 Å². The molecule has 0 aliphatic rings. The molecule has 3 rings (SSSR count). The third-order valence-electron chi connectivity index (χ3n) is 5.96. The molecule has 0 heterocycles. The van der Waals surface area contributed by atoms with Gasteiger partial charge in [0.25, 0.3) is 10.0 Å². The molecule has 0 spiro atoms. The van der Waals surface area contributed by atoms with Crippen LogP contribution >= 0.6 is 23.2 Å². The number of hydrogen-bond acceptors (Lipinski definition) is 5. The van der Waals surface area contributed by atoms with E-state index in [2.05, 4.69) is 5.32 Å². The molecule has 2 amide bonds. The van der Waals surface area contributed by atoms with Gasteiger partial charge in [0.1, 0.15) is 18.3 Å². The number of benzene rings is 3. The number of carbonyl (C=O) groups excluding carboxylic acids is 2. The van der Waals surface area contributed by atoms with Crippen molar-refractivity contribution in [2.24, 2.45) is 0 Å². The van der Waals surface area contributed by atoms with E-state index >= 15 is 0 Å². The molecule has 0 saturated carbocycles. The first kappa shape index (κ1) is 31.3. The zero-order valence-electron chi connectivity index (χ0n) is 22.8. The van der Waals surface area contributed by atoms with Crippen molar-refractivity contribution in [1.29, 1.82) is 0 Å². The van der Waals surface area contributed by atoms with Crippen LogP contribution in [0, 0.1) is 0 Å². The van der Waals surface area contributed by atoms with Crippen LogP contribution in [0.1, 0.15) is 33.3 Å². The second-order valence-corrected chi connectivity index (χ2v) is 12.1. The minimum absolute atomic E-state index is 0.0365. The van der Waals surface area contributed by atoms with Gasteiger partial charge in [-0.25, -0.2) is 8.42 Å². The number of halogens is 2. The van der Waals surface area contributed by atoms with Gasteiger partial charge < -0.3 is 15.0 Å². The summed E-state index contributed by atoms with van der Waals surface area (Å²) >= 11 is 12.2. The Balaban J connectivity index is 2.03. The standard InChI is InChI=1S/C29H33Cl2N3O5S/c1-5-39-26-13-11-25(12-14-26)34(40(37,38)27-15-9-23(30)10-16-27)19-28(35)33(21(4)29(36)32-20(2)3)18-22-7-6-8-24(31)17-22/h6-17,20-21H,5,18-19H2,1-4H3,(H,32,36)/t21-/m1/s1. The van der Waals surface area contributed by atoms with Gasteiger partial charge in [-0.1, -0.05) is 35.3 Å². The lowest BCUT2D eigenvalue weighted by Crippen LogP contribution is -2.52. The molecule has 40 heavy (non-hydrogen) atoms. The van der Waals surface area contributed by atoms with E-state index in [1.54, 1.807) is 55.5 Å². The SMILES string of the molecule is CCOc1ccc(N(CC(=O)N(Cc2cccc(Cl)c2)[C@H](C)C(=O)NC(C)C)S(=O)(=O)c2ccc(Cl)cc2)cc1. The molecule has 0 radical (unpaired) electrons. The average molecular weight is 607 g/mol. The summed E-state index contributed by atoms with van der Waals surface area (Å²) in [6, 6.07) is 18.0. The van der Waals surface area contributed by atoms with Crippen molar-refractivity contribution in [3.8, 4) is 5.75 Å². The number of rotatable bonds is 12. The minimum atomic E-state index is -4.20. The normalized spacial score (nSPS) is 12.1. The fourth-order valence-corrected chi connectivity index (χ4v) is 5.71. The fraction of sp³-hybridized carbons (Fsp3) is 0.310. The Bertz CT molecular complexity index is 1410. The van der Waals surface area contributed by atoms with E-state index in [9.17, 15) is 18.0 Å². The van der Waals surface area contributed by atoms with Crippen LogP contribution in [0.2, 0.25) is 10.0 Å². The first-order valence-electron chi connectivity index (χ1n) is 12.8. The second kappa shape index (κ2) is 13.9. The molecule has 0 aromatic heterocycles. The Morgan fingerprint density at radius 2 is 1.57 bits per heavy atom. The van der Waals surface area contributed by atoms with Gasteiger partial charge in [-0.15, -0.1) is 0 Å². The van der Waals surface area contributed by atoms with Crippen molar-refractivity contribution in [3.05, 3.63) is 88.4 Å². The number of nitrogens with one attached hydrogen (secondary N) is 1. The number of amides is 2. The predicted octanol–water partition coefficient (Wildman–Crippen LogP) is 5.53. The molecule has 0 aliphatic heterocycles. The molecule has 0 aliphatic carbocycles. The monoisotopic (exact) mass is 605 g/mol. The maximum Gasteiger partial charge on any atom is 0.264 e. The van der Waals surface area contributed by atoms with Crippen LogP contribution in [0.4, 0.5) is 5.69 Å². The van der Waals surface area contributed by atoms with Crippen molar-refractivity contribution >= 4 is 50.7 Å². The van der Waals surface area contributed by atoms with E-state index in [4.69, 9.17) is 27.9 Å². The van der Waals surface area contributed by atoms with Crippen molar-refractivity contribution < 1.29 is 22.7 Å². The Morgan fingerprint density at radius 3 is 2.15 bits per heavy atom. The largest absolute Gasteiger partial charge is 0.494 e. The molecule has 1 atom stereocenters. The highest BCUT2D eigenvalue weighted by molar-refractivity contribution is 7.92.